The molecule has 146 valence electrons. The van der Waals surface area contributed by atoms with Gasteiger partial charge < -0.3 is 14.4 Å². The summed E-state index contributed by atoms with van der Waals surface area (Å²) in [5.74, 6) is -0.250. The summed E-state index contributed by atoms with van der Waals surface area (Å²) in [6, 6.07) is 0. The zero-order chi connectivity index (χ0) is 18.9. The molecule has 1 aliphatic rings. The number of nitrogens with zero attached hydrogens (tertiary/aromatic N) is 1. The van der Waals surface area contributed by atoms with Crippen molar-refractivity contribution in [1.82, 2.24) is 4.90 Å². The first-order valence-electron chi connectivity index (χ1n) is 8.38. The lowest BCUT2D eigenvalue weighted by atomic mass is 9.76. The minimum atomic E-state index is -0.665. The van der Waals surface area contributed by atoms with Crippen LogP contribution in [0.25, 0.3) is 0 Å². The number of carbonyl (C=O) groups is 2. The molecule has 1 aliphatic heterocycles. The van der Waals surface area contributed by atoms with Gasteiger partial charge in [0.05, 0.1) is 25.7 Å². The maximum absolute atomic E-state index is 12.5. The molecule has 1 amide bonds. The Bertz CT molecular complexity index is 431. The summed E-state index contributed by atoms with van der Waals surface area (Å²) in [4.78, 5) is 30.7. The van der Waals surface area contributed by atoms with Gasteiger partial charge >= 0.3 is 12.1 Å². The molecule has 0 aromatic heterocycles. The number of carbonyl (C=O) groups excluding carboxylic acids is 2. The van der Waals surface area contributed by atoms with E-state index in [1.165, 1.54) is 7.11 Å². The van der Waals surface area contributed by atoms with E-state index in [0.29, 0.717) is 45.6 Å². The molecule has 0 radical (unpaired) electrons. The van der Waals surface area contributed by atoms with Gasteiger partial charge in [-0.25, -0.2) is 9.68 Å². The van der Waals surface area contributed by atoms with E-state index in [9.17, 15) is 9.59 Å². The average molecular weight is 379 g/mol. The van der Waals surface area contributed by atoms with E-state index < -0.39 is 11.0 Å². The largest absolute Gasteiger partial charge is 0.466 e. The Hall–Kier alpha value is -1.03. The monoisotopic (exact) mass is 379 g/mol. The summed E-state index contributed by atoms with van der Waals surface area (Å²) in [6.07, 6.45) is 1.13. The van der Waals surface area contributed by atoms with Crippen molar-refractivity contribution in [3.05, 3.63) is 0 Å². The highest BCUT2D eigenvalue weighted by Gasteiger charge is 2.43. The third-order valence-corrected chi connectivity index (χ3v) is 4.34. The van der Waals surface area contributed by atoms with Gasteiger partial charge in [0.25, 0.3) is 0 Å². The van der Waals surface area contributed by atoms with E-state index >= 15 is 0 Å². The number of amides is 1. The second-order valence-electron chi connectivity index (χ2n) is 6.84. The third kappa shape index (κ3) is 7.39. The second-order valence-corrected chi connectivity index (χ2v) is 7.35. The number of esters is 1. The van der Waals surface area contributed by atoms with Crippen LogP contribution in [0.3, 0.4) is 0 Å². The van der Waals surface area contributed by atoms with E-state index in [1.54, 1.807) is 11.8 Å². The van der Waals surface area contributed by atoms with Crippen molar-refractivity contribution in [2.75, 3.05) is 33.4 Å². The highest BCUT2D eigenvalue weighted by Crippen LogP contribution is 2.37. The standard InChI is InChI=1S/C16H29NO7S/c1-6-21-13(18)16(9-12-22-25-24-20-5)7-10-17(11-8-16)14(19)23-15(2,3)4/h6-12H2,1-5H3. The van der Waals surface area contributed by atoms with Crippen LogP contribution in [-0.2, 0) is 27.7 Å². The molecule has 9 heteroatoms. The van der Waals surface area contributed by atoms with Crippen LogP contribution in [0.5, 0.6) is 0 Å². The number of hydrogen-bond acceptors (Lipinski definition) is 8. The first-order chi connectivity index (χ1) is 11.7. The van der Waals surface area contributed by atoms with Crippen LogP contribution < -0.4 is 0 Å². The van der Waals surface area contributed by atoms with Gasteiger partial charge in [-0.1, -0.05) is 0 Å². The predicted octanol–water partition coefficient (Wildman–Crippen LogP) is 3.11. The number of rotatable bonds is 8. The zero-order valence-electron chi connectivity index (χ0n) is 15.7. The van der Waals surface area contributed by atoms with Gasteiger partial charge in [0.2, 0.25) is 0 Å². The second kappa shape index (κ2) is 10.2. The quantitative estimate of drug-likeness (QED) is 0.209. The molecule has 0 N–H and O–H groups in total. The lowest BCUT2D eigenvalue weighted by Crippen LogP contribution is -2.48. The topological polar surface area (TPSA) is 83.5 Å². The van der Waals surface area contributed by atoms with Crippen LogP contribution >= 0.6 is 12.3 Å². The minimum Gasteiger partial charge on any atom is -0.466 e. The van der Waals surface area contributed by atoms with Crippen molar-refractivity contribution >= 4 is 24.4 Å². The van der Waals surface area contributed by atoms with Crippen molar-refractivity contribution in [2.45, 2.75) is 52.6 Å². The molecule has 1 saturated heterocycles. The molecule has 0 saturated carbocycles. The van der Waals surface area contributed by atoms with Gasteiger partial charge in [-0.3, -0.25) is 8.98 Å². The van der Waals surface area contributed by atoms with E-state index in [2.05, 4.69) is 9.22 Å². The fourth-order valence-corrected chi connectivity index (χ4v) is 2.85. The minimum absolute atomic E-state index is 0.250. The van der Waals surface area contributed by atoms with E-state index in [-0.39, 0.29) is 12.1 Å². The van der Waals surface area contributed by atoms with Gasteiger partial charge in [-0.05, 0) is 47.0 Å². The normalized spacial score (nSPS) is 17.2. The Morgan fingerprint density at radius 2 is 1.84 bits per heavy atom. The first kappa shape index (κ1) is 22.0. The Kier molecular flexibility index (Phi) is 8.98. The maximum Gasteiger partial charge on any atom is 0.410 e. The Morgan fingerprint density at radius 1 is 1.20 bits per heavy atom. The van der Waals surface area contributed by atoms with Gasteiger partial charge in [0, 0.05) is 13.1 Å². The Balaban J connectivity index is 2.62. The Labute approximate surface area is 153 Å². The van der Waals surface area contributed by atoms with Crippen LogP contribution in [0.2, 0.25) is 0 Å². The molecule has 0 atom stereocenters. The summed E-state index contributed by atoms with van der Waals surface area (Å²) in [6.45, 7) is 8.77. The molecule has 1 heterocycles. The molecule has 1 rings (SSSR count). The van der Waals surface area contributed by atoms with Crippen LogP contribution in [0.1, 0.15) is 47.0 Å². The van der Waals surface area contributed by atoms with Crippen molar-refractivity contribution in [1.29, 1.82) is 0 Å². The fraction of sp³-hybridized carbons (Fsp3) is 0.875. The van der Waals surface area contributed by atoms with E-state index in [4.69, 9.17) is 13.7 Å². The number of ether oxygens (including phenoxy) is 2. The first-order valence-corrected chi connectivity index (χ1v) is 9.05. The summed E-state index contributed by atoms with van der Waals surface area (Å²) in [7, 11) is 1.38. The summed E-state index contributed by atoms with van der Waals surface area (Å²) >= 11 is 0.719. The highest BCUT2D eigenvalue weighted by atomic mass is 32.2. The molecular weight excluding hydrogens is 350 g/mol. The summed E-state index contributed by atoms with van der Waals surface area (Å²) in [5.41, 5.74) is -1.21. The van der Waals surface area contributed by atoms with Crippen LogP contribution in [0, 0.1) is 5.41 Å². The van der Waals surface area contributed by atoms with Crippen LogP contribution in [0.4, 0.5) is 4.79 Å². The van der Waals surface area contributed by atoms with Crippen LogP contribution in [0.15, 0.2) is 0 Å². The molecule has 1 fully saturated rings. The predicted molar refractivity (Wildman–Crippen MR) is 92.4 cm³/mol. The van der Waals surface area contributed by atoms with Crippen molar-refractivity contribution in [3.8, 4) is 0 Å². The number of likely N-dealkylation sites (tertiary alicyclic amines) is 1. The average Bonchev–Trinajstić information content (AvgIpc) is 2.54. The molecule has 0 aromatic carbocycles. The third-order valence-electron chi connectivity index (χ3n) is 3.89. The molecule has 0 aliphatic carbocycles. The van der Waals surface area contributed by atoms with Gasteiger partial charge in [0.15, 0.2) is 12.3 Å². The zero-order valence-corrected chi connectivity index (χ0v) is 16.5. The van der Waals surface area contributed by atoms with Crippen molar-refractivity contribution in [2.24, 2.45) is 5.41 Å². The van der Waals surface area contributed by atoms with Gasteiger partial charge in [-0.15, -0.1) is 4.33 Å². The van der Waals surface area contributed by atoms with E-state index in [1.807, 2.05) is 20.8 Å². The lowest BCUT2D eigenvalue weighted by molar-refractivity contribution is -0.168. The smallest absolute Gasteiger partial charge is 0.410 e. The SMILES string of the molecule is CCOC(=O)C1(CCOSOOC)CCN(C(=O)OC(C)(C)C)CC1. The van der Waals surface area contributed by atoms with Gasteiger partial charge in [-0.2, -0.15) is 0 Å². The summed E-state index contributed by atoms with van der Waals surface area (Å²) < 4.78 is 20.4. The van der Waals surface area contributed by atoms with E-state index in [0.717, 1.165) is 12.3 Å². The van der Waals surface area contributed by atoms with Crippen LogP contribution in [-0.4, -0.2) is 56.0 Å². The molecule has 0 bridgehead atoms. The Morgan fingerprint density at radius 3 is 2.36 bits per heavy atom. The molecule has 25 heavy (non-hydrogen) atoms. The molecular formula is C16H29NO7S. The molecule has 8 nitrogen and oxygen atoms in total. The lowest BCUT2D eigenvalue weighted by Gasteiger charge is -2.40. The number of piperidine rings is 1. The number of hydrogen-bond donors (Lipinski definition) is 0. The fourth-order valence-electron chi connectivity index (χ4n) is 2.60. The molecule has 0 spiro atoms. The molecule has 0 aromatic rings. The van der Waals surface area contributed by atoms with Gasteiger partial charge in [0.1, 0.15) is 5.60 Å². The highest BCUT2D eigenvalue weighted by molar-refractivity contribution is 7.89. The summed E-state index contributed by atoms with van der Waals surface area (Å²) in [5, 5.41) is 0. The maximum atomic E-state index is 12.5. The van der Waals surface area contributed by atoms with Crippen molar-refractivity contribution in [3.63, 3.8) is 0 Å². The van der Waals surface area contributed by atoms with Crippen molar-refractivity contribution < 1.29 is 32.5 Å². The molecule has 0 unspecified atom stereocenters.